The molecule has 0 spiro atoms. The molecule has 0 amide bonds. The van der Waals surface area contributed by atoms with Crippen LogP contribution in [0.5, 0.6) is 5.75 Å². The number of nitrogens with zero attached hydrogens (tertiary/aromatic N) is 8. The molecule has 1 aromatic carbocycles. The highest BCUT2D eigenvalue weighted by atomic mass is 16.6. The largest absolute Gasteiger partial charge is 0.482 e. The second-order valence-electron chi connectivity index (χ2n) is 9.14. The second kappa shape index (κ2) is 10.6. The van der Waals surface area contributed by atoms with Crippen molar-refractivity contribution in [3.05, 3.63) is 48.9 Å². The first-order valence-electron chi connectivity index (χ1n) is 12.9. The minimum Gasteiger partial charge on any atom is -0.482 e. The summed E-state index contributed by atoms with van der Waals surface area (Å²) in [6, 6.07) is 11.4. The average Bonchev–Trinajstić information content (AvgIpc) is 3.72. The van der Waals surface area contributed by atoms with E-state index in [4.69, 9.17) is 19.6 Å². The molecule has 5 heterocycles. The van der Waals surface area contributed by atoms with Gasteiger partial charge in [-0.15, -0.1) is 5.10 Å². The Morgan fingerprint density at radius 1 is 1.05 bits per heavy atom. The van der Waals surface area contributed by atoms with Gasteiger partial charge in [-0.2, -0.15) is 14.6 Å². The normalized spacial score (nSPS) is 14.3. The molecule has 4 aromatic heterocycles. The van der Waals surface area contributed by atoms with Crippen LogP contribution in [0.2, 0.25) is 0 Å². The van der Waals surface area contributed by atoms with E-state index >= 15 is 0 Å². The number of nitrogens with two attached hydrogens (primary N) is 1. The Labute approximate surface area is 223 Å². The maximum absolute atomic E-state index is 11.5. The fourth-order valence-corrected chi connectivity index (χ4v) is 4.69. The number of piperazine rings is 1. The van der Waals surface area contributed by atoms with Gasteiger partial charge in [0.1, 0.15) is 5.75 Å². The number of ether oxygens (including phenoxy) is 2. The lowest BCUT2D eigenvalue weighted by Gasteiger charge is -2.36. The van der Waals surface area contributed by atoms with Gasteiger partial charge in [-0.3, -0.25) is 4.90 Å². The summed E-state index contributed by atoms with van der Waals surface area (Å²) >= 11 is 0. The highest BCUT2D eigenvalue weighted by molar-refractivity contribution is 5.90. The Morgan fingerprint density at radius 2 is 1.87 bits per heavy atom. The van der Waals surface area contributed by atoms with Gasteiger partial charge in [0.15, 0.2) is 23.7 Å². The van der Waals surface area contributed by atoms with Crippen molar-refractivity contribution in [1.82, 2.24) is 34.3 Å². The zero-order valence-electron chi connectivity index (χ0n) is 21.6. The molecule has 1 aliphatic rings. The van der Waals surface area contributed by atoms with Gasteiger partial charge in [-0.05, 0) is 43.3 Å². The number of benzene rings is 1. The second-order valence-corrected chi connectivity index (χ2v) is 9.14. The first kappa shape index (κ1) is 24.7. The van der Waals surface area contributed by atoms with E-state index in [1.54, 1.807) is 31.5 Å². The molecule has 6 rings (SSSR count). The summed E-state index contributed by atoms with van der Waals surface area (Å²) in [5, 5.41) is 9.79. The van der Waals surface area contributed by atoms with Gasteiger partial charge >= 0.3 is 5.97 Å². The van der Waals surface area contributed by atoms with Gasteiger partial charge in [-0.1, -0.05) is 0 Å². The molecular formula is C26H29N9O4. The number of aromatic nitrogens is 6. The molecule has 1 fully saturated rings. The summed E-state index contributed by atoms with van der Waals surface area (Å²) in [4.78, 5) is 25.4. The summed E-state index contributed by atoms with van der Waals surface area (Å²) in [7, 11) is 0. The minimum absolute atomic E-state index is 0.0879. The predicted molar refractivity (Wildman–Crippen MR) is 143 cm³/mol. The van der Waals surface area contributed by atoms with Gasteiger partial charge in [0, 0.05) is 38.4 Å². The number of rotatable bonds is 9. The van der Waals surface area contributed by atoms with Crippen LogP contribution in [0, 0.1) is 0 Å². The van der Waals surface area contributed by atoms with Crippen LogP contribution in [-0.4, -0.2) is 86.2 Å². The van der Waals surface area contributed by atoms with E-state index in [0.717, 1.165) is 43.8 Å². The van der Waals surface area contributed by atoms with E-state index in [9.17, 15) is 4.79 Å². The van der Waals surface area contributed by atoms with E-state index in [2.05, 4.69) is 30.0 Å². The van der Waals surface area contributed by atoms with Crippen molar-refractivity contribution in [1.29, 1.82) is 0 Å². The van der Waals surface area contributed by atoms with Gasteiger partial charge in [0.2, 0.25) is 11.8 Å². The van der Waals surface area contributed by atoms with Crippen LogP contribution in [0.1, 0.15) is 6.92 Å². The number of carbonyl (C=O) groups is 1. The topological polar surface area (TPSA) is 142 Å². The van der Waals surface area contributed by atoms with E-state index < -0.39 is 0 Å². The van der Waals surface area contributed by atoms with Crippen molar-refractivity contribution in [3.63, 3.8) is 0 Å². The number of anilines is 2. The Morgan fingerprint density at radius 3 is 2.62 bits per heavy atom. The van der Waals surface area contributed by atoms with Crippen LogP contribution in [0.3, 0.4) is 0 Å². The lowest BCUT2D eigenvalue weighted by atomic mass is 10.2. The maximum atomic E-state index is 11.5. The molecule has 0 unspecified atom stereocenters. The summed E-state index contributed by atoms with van der Waals surface area (Å²) in [5.74, 6) is 1.54. The smallest absolute Gasteiger partial charge is 0.344 e. The highest BCUT2D eigenvalue weighted by Crippen LogP contribution is 2.24. The van der Waals surface area contributed by atoms with Crippen molar-refractivity contribution >= 4 is 34.3 Å². The molecule has 0 saturated carbocycles. The number of hydrogen-bond donors (Lipinski definition) is 1. The number of furan rings is 1. The zero-order chi connectivity index (χ0) is 26.8. The van der Waals surface area contributed by atoms with Crippen LogP contribution in [-0.2, 0) is 16.1 Å². The van der Waals surface area contributed by atoms with Crippen molar-refractivity contribution < 1.29 is 18.7 Å². The molecule has 13 heteroatoms. The van der Waals surface area contributed by atoms with Crippen molar-refractivity contribution in [2.75, 3.05) is 56.6 Å². The van der Waals surface area contributed by atoms with Crippen LogP contribution < -0.4 is 15.4 Å². The van der Waals surface area contributed by atoms with Gasteiger partial charge in [0.05, 0.1) is 31.0 Å². The third kappa shape index (κ3) is 5.08. The van der Waals surface area contributed by atoms with Crippen LogP contribution in [0.4, 0.5) is 11.6 Å². The standard InChI is InChI=1S/C26H29N9O4/c1-2-37-22(36)17-39-19-7-5-18(6-8-19)33-12-9-32(10-13-33)11-14-34-24-20(16-28-34)25-29-23(21-4-3-15-38-21)31-35(25)26(27)30-24/h3-8,15-16H,2,9-14,17H2,1H3,(H2,27,30). The number of fused-ring (bicyclic) bond motifs is 3. The Hall–Kier alpha value is -4.65. The third-order valence-electron chi connectivity index (χ3n) is 6.70. The summed E-state index contributed by atoms with van der Waals surface area (Å²) in [6.45, 7) is 7.21. The molecule has 2 N–H and O–H groups in total. The van der Waals surface area contributed by atoms with Gasteiger partial charge in [-0.25, -0.2) is 14.5 Å². The number of hydrogen-bond acceptors (Lipinski definition) is 11. The molecule has 1 saturated heterocycles. The van der Waals surface area contributed by atoms with E-state index in [-0.39, 0.29) is 18.5 Å². The molecule has 5 aromatic rings. The Balaban J connectivity index is 1.06. The third-order valence-corrected chi connectivity index (χ3v) is 6.70. The van der Waals surface area contributed by atoms with Crippen molar-refractivity contribution in [2.24, 2.45) is 0 Å². The first-order chi connectivity index (χ1) is 19.1. The molecule has 1 aliphatic heterocycles. The zero-order valence-corrected chi connectivity index (χ0v) is 21.6. The number of esters is 1. The van der Waals surface area contributed by atoms with Crippen molar-refractivity contribution in [3.8, 4) is 17.3 Å². The van der Waals surface area contributed by atoms with E-state index in [1.807, 2.05) is 28.9 Å². The van der Waals surface area contributed by atoms with E-state index in [0.29, 0.717) is 41.8 Å². The molecule has 0 aliphatic carbocycles. The summed E-state index contributed by atoms with van der Waals surface area (Å²) in [6.07, 6.45) is 3.34. The summed E-state index contributed by atoms with van der Waals surface area (Å²) in [5.41, 5.74) is 8.62. The van der Waals surface area contributed by atoms with Gasteiger partial charge in [0.25, 0.3) is 0 Å². The Kier molecular flexibility index (Phi) is 6.71. The van der Waals surface area contributed by atoms with Gasteiger partial charge < -0.3 is 24.5 Å². The number of nitrogen functional groups attached to an aromatic ring is 1. The molecule has 0 bridgehead atoms. The van der Waals surface area contributed by atoms with Crippen LogP contribution in [0.15, 0.2) is 53.3 Å². The SMILES string of the molecule is CCOC(=O)COc1ccc(N2CCN(CCn3ncc4c3nc(N)n3nc(-c5ccco5)nc43)CC2)cc1. The molecular weight excluding hydrogens is 502 g/mol. The highest BCUT2D eigenvalue weighted by Gasteiger charge is 2.20. The quantitative estimate of drug-likeness (QED) is 0.279. The van der Waals surface area contributed by atoms with Crippen LogP contribution >= 0.6 is 0 Å². The molecule has 202 valence electrons. The fourth-order valence-electron chi connectivity index (χ4n) is 4.69. The average molecular weight is 532 g/mol. The predicted octanol–water partition coefficient (Wildman–Crippen LogP) is 2.08. The molecule has 39 heavy (non-hydrogen) atoms. The molecule has 0 atom stereocenters. The first-order valence-corrected chi connectivity index (χ1v) is 12.9. The molecule has 13 nitrogen and oxygen atoms in total. The minimum atomic E-state index is -0.369. The monoisotopic (exact) mass is 531 g/mol. The Bertz CT molecular complexity index is 1570. The van der Waals surface area contributed by atoms with Crippen LogP contribution in [0.25, 0.3) is 28.3 Å². The maximum Gasteiger partial charge on any atom is 0.344 e. The fraction of sp³-hybridized carbons (Fsp3) is 0.346. The van der Waals surface area contributed by atoms with E-state index in [1.165, 1.54) is 4.52 Å². The number of carbonyl (C=O) groups excluding carboxylic acids is 1. The lowest BCUT2D eigenvalue weighted by Crippen LogP contribution is -2.47. The molecule has 0 radical (unpaired) electrons. The lowest BCUT2D eigenvalue weighted by molar-refractivity contribution is -0.145. The van der Waals surface area contributed by atoms with Crippen molar-refractivity contribution in [2.45, 2.75) is 13.5 Å². The summed E-state index contributed by atoms with van der Waals surface area (Å²) < 4.78 is 19.2.